The Hall–Kier alpha value is -1.06. The molecule has 0 aliphatic carbocycles. The van der Waals surface area contributed by atoms with Crippen LogP contribution in [0.3, 0.4) is 0 Å². The molecule has 0 aromatic heterocycles. The molecule has 0 N–H and O–H groups in total. The van der Waals surface area contributed by atoms with Gasteiger partial charge < -0.3 is 9.47 Å². The summed E-state index contributed by atoms with van der Waals surface area (Å²) < 4.78 is 11.3. The van der Waals surface area contributed by atoms with E-state index in [9.17, 15) is 9.59 Å². The SMILES string of the molecule is CCCCCCCCCC(C(=O)OCC(CC)CCCC)C(=O)OCC(CC)CCCC. The van der Waals surface area contributed by atoms with Crippen LogP contribution in [0.5, 0.6) is 0 Å². The fourth-order valence-electron chi connectivity index (χ4n) is 4.03. The molecule has 0 aromatic rings. The molecule has 0 saturated carbocycles. The van der Waals surface area contributed by atoms with Gasteiger partial charge in [0.2, 0.25) is 0 Å². The lowest BCUT2D eigenvalue weighted by molar-refractivity contribution is -0.164. The zero-order valence-electron chi connectivity index (χ0n) is 22.1. The number of unbranched alkanes of at least 4 members (excludes halogenated alkanes) is 8. The maximum atomic E-state index is 12.8. The summed E-state index contributed by atoms with van der Waals surface area (Å²) in [7, 11) is 0. The van der Waals surface area contributed by atoms with Gasteiger partial charge >= 0.3 is 11.9 Å². The summed E-state index contributed by atoms with van der Waals surface area (Å²) in [4.78, 5) is 25.7. The van der Waals surface area contributed by atoms with Crippen molar-refractivity contribution in [3.05, 3.63) is 0 Å². The van der Waals surface area contributed by atoms with Gasteiger partial charge in [0.25, 0.3) is 0 Å². The van der Waals surface area contributed by atoms with Crippen molar-refractivity contribution in [3.8, 4) is 0 Å². The predicted molar refractivity (Wildman–Crippen MR) is 135 cm³/mol. The molecule has 0 heterocycles. The van der Waals surface area contributed by atoms with E-state index in [-0.39, 0.29) is 11.9 Å². The third-order valence-electron chi connectivity index (χ3n) is 6.67. The van der Waals surface area contributed by atoms with Crippen LogP contribution in [0.25, 0.3) is 0 Å². The van der Waals surface area contributed by atoms with Gasteiger partial charge in [0.05, 0.1) is 13.2 Å². The first-order valence-electron chi connectivity index (χ1n) is 13.9. The van der Waals surface area contributed by atoms with Crippen molar-refractivity contribution < 1.29 is 19.1 Å². The number of hydrogen-bond donors (Lipinski definition) is 0. The van der Waals surface area contributed by atoms with Gasteiger partial charge in [-0.3, -0.25) is 9.59 Å². The third kappa shape index (κ3) is 15.7. The normalized spacial score (nSPS) is 14.0. The largest absolute Gasteiger partial charge is 0.465 e. The fourth-order valence-corrected chi connectivity index (χ4v) is 4.03. The van der Waals surface area contributed by atoms with Crippen LogP contribution in [0.4, 0.5) is 0 Å². The van der Waals surface area contributed by atoms with Crippen LogP contribution < -0.4 is 0 Å². The summed E-state index contributed by atoms with van der Waals surface area (Å²) >= 11 is 0. The highest BCUT2D eigenvalue weighted by molar-refractivity contribution is 5.94. The Kier molecular flexibility index (Phi) is 21.0. The first-order chi connectivity index (χ1) is 15.5. The fraction of sp³-hybridized carbons (Fsp3) is 0.929. The molecule has 4 nitrogen and oxygen atoms in total. The Morgan fingerprint density at radius 3 is 1.34 bits per heavy atom. The summed E-state index contributed by atoms with van der Waals surface area (Å²) in [6, 6.07) is 0. The molecule has 0 rings (SSSR count). The lowest BCUT2D eigenvalue weighted by Crippen LogP contribution is -2.30. The van der Waals surface area contributed by atoms with Crippen molar-refractivity contribution in [2.45, 2.75) is 137 Å². The van der Waals surface area contributed by atoms with Gasteiger partial charge in [-0.2, -0.15) is 0 Å². The van der Waals surface area contributed by atoms with Crippen molar-refractivity contribution in [3.63, 3.8) is 0 Å². The predicted octanol–water partition coefficient (Wildman–Crippen LogP) is 8.26. The summed E-state index contributed by atoms with van der Waals surface area (Å²) in [5.41, 5.74) is 0. The Bertz CT molecular complexity index is 417. The third-order valence-corrected chi connectivity index (χ3v) is 6.67. The van der Waals surface area contributed by atoms with E-state index in [0.717, 1.165) is 64.2 Å². The second kappa shape index (κ2) is 21.8. The quantitative estimate of drug-likeness (QED) is 0.0938. The highest BCUT2D eigenvalue weighted by Gasteiger charge is 2.30. The average molecular weight is 455 g/mol. The molecule has 0 aliphatic heterocycles. The molecule has 2 atom stereocenters. The average Bonchev–Trinajstić information content (AvgIpc) is 2.80. The van der Waals surface area contributed by atoms with E-state index in [1.165, 1.54) is 32.1 Å². The van der Waals surface area contributed by atoms with Gasteiger partial charge in [0.1, 0.15) is 0 Å². The standard InChI is InChI=1S/C28H54O4/c1-6-11-14-15-16-17-18-21-26(27(29)31-22-24(9-4)19-12-7-2)28(30)32-23-25(10-5)20-13-8-3/h24-26H,6-23H2,1-5H3. The first kappa shape index (κ1) is 30.9. The molecule has 32 heavy (non-hydrogen) atoms. The van der Waals surface area contributed by atoms with Crippen molar-refractivity contribution in [2.75, 3.05) is 13.2 Å². The van der Waals surface area contributed by atoms with E-state index in [1.54, 1.807) is 0 Å². The monoisotopic (exact) mass is 454 g/mol. The minimum absolute atomic E-state index is 0.377. The number of hydrogen-bond acceptors (Lipinski definition) is 4. The molecule has 4 heteroatoms. The van der Waals surface area contributed by atoms with E-state index in [0.29, 0.717) is 31.5 Å². The van der Waals surface area contributed by atoms with Crippen LogP contribution in [0.1, 0.15) is 137 Å². The molecule has 0 bridgehead atoms. The highest BCUT2D eigenvalue weighted by Crippen LogP contribution is 2.20. The molecule has 0 amide bonds. The lowest BCUT2D eigenvalue weighted by atomic mass is 9.98. The maximum absolute atomic E-state index is 12.8. The zero-order valence-corrected chi connectivity index (χ0v) is 22.1. The lowest BCUT2D eigenvalue weighted by Gasteiger charge is -2.20. The number of carbonyl (C=O) groups is 2. The minimum Gasteiger partial charge on any atom is -0.465 e. The Balaban J connectivity index is 4.74. The Morgan fingerprint density at radius 2 is 0.938 bits per heavy atom. The second-order valence-corrected chi connectivity index (χ2v) is 9.56. The maximum Gasteiger partial charge on any atom is 0.320 e. The van der Waals surface area contributed by atoms with E-state index >= 15 is 0 Å². The van der Waals surface area contributed by atoms with Gasteiger partial charge in [-0.25, -0.2) is 0 Å². The van der Waals surface area contributed by atoms with Crippen LogP contribution >= 0.6 is 0 Å². The topological polar surface area (TPSA) is 52.6 Å². The number of ether oxygens (including phenoxy) is 2. The van der Waals surface area contributed by atoms with Crippen LogP contribution in [0.2, 0.25) is 0 Å². The summed E-state index contributed by atoms with van der Waals surface area (Å²) in [6.45, 7) is 11.7. The van der Waals surface area contributed by atoms with Gasteiger partial charge in [0, 0.05) is 0 Å². The first-order valence-corrected chi connectivity index (χ1v) is 13.9. The van der Waals surface area contributed by atoms with E-state index in [4.69, 9.17) is 9.47 Å². The van der Waals surface area contributed by atoms with Gasteiger partial charge in [-0.15, -0.1) is 0 Å². The molecule has 0 fully saturated rings. The zero-order chi connectivity index (χ0) is 24.0. The molecule has 0 radical (unpaired) electrons. The minimum atomic E-state index is -0.766. The molecule has 190 valence electrons. The number of carbonyl (C=O) groups excluding carboxylic acids is 2. The molecule has 2 unspecified atom stereocenters. The number of rotatable bonds is 22. The van der Waals surface area contributed by atoms with Crippen molar-refractivity contribution in [2.24, 2.45) is 17.8 Å². The molecule has 0 saturated heterocycles. The molecule has 0 aliphatic rings. The smallest absolute Gasteiger partial charge is 0.320 e. The van der Waals surface area contributed by atoms with E-state index in [1.807, 2.05) is 0 Å². The van der Waals surface area contributed by atoms with E-state index in [2.05, 4.69) is 34.6 Å². The van der Waals surface area contributed by atoms with Gasteiger partial charge in [-0.1, -0.05) is 118 Å². The molecule has 0 spiro atoms. The second-order valence-electron chi connectivity index (χ2n) is 9.56. The summed E-state index contributed by atoms with van der Waals surface area (Å²) in [5.74, 6) is -0.756. The van der Waals surface area contributed by atoms with Crippen LogP contribution in [-0.2, 0) is 19.1 Å². The Labute approximate surface area is 199 Å². The summed E-state index contributed by atoms with van der Waals surface area (Å²) in [5, 5.41) is 0. The summed E-state index contributed by atoms with van der Waals surface area (Å²) in [6.07, 6.45) is 17.4. The van der Waals surface area contributed by atoms with Gasteiger partial charge in [0.15, 0.2) is 5.92 Å². The highest BCUT2D eigenvalue weighted by atomic mass is 16.6. The van der Waals surface area contributed by atoms with Gasteiger partial charge in [-0.05, 0) is 31.1 Å². The number of esters is 2. The molecule has 0 aromatic carbocycles. The van der Waals surface area contributed by atoms with Crippen LogP contribution in [0.15, 0.2) is 0 Å². The van der Waals surface area contributed by atoms with Crippen molar-refractivity contribution >= 4 is 11.9 Å². The molecular formula is C28H54O4. The molecular weight excluding hydrogens is 400 g/mol. The Morgan fingerprint density at radius 1 is 0.531 bits per heavy atom. The van der Waals surface area contributed by atoms with Crippen molar-refractivity contribution in [1.29, 1.82) is 0 Å². The van der Waals surface area contributed by atoms with E-state index < -0.39 is 5.92 Å². The van der Waals surface area contributed by atoms with Crippen LogP contribution in [-0.4, -0.2) is 25.2 Å². The van der Waals surface area contributed by atoms with Crippen molar-refractivity contribution in [1.82, 2.24) is 0 Å². The van der Waals surface area contributed by atoms with Crippen LogP contribution in [0, 0.1) is 17.8 Å².